The summed E-state index contributed by atoms with van der Waals surface area (Å²) in [4.78, 5) is 3.95. The third-order valence-electron chi connectivity index (χ3n) is 1.42. The van der Waals surface area contributed by atoms with Gasteiger partial charge in [-0.05, 0) is 27.0 Å². The van der Waals surface area contributed by atoms with Gasteiger partial charge in [0, 0.05) is 0 Å². The van der Waals surface area contributed by atoms with Gasteiger partial charge in [0.1, 0.15) is 0 Å². The van der Waals surface area contributed by atoms with Gasteiger partial charge < -0.3 is 10.3 Å². The van der Waals surface area contributed by atoms with Crippen molar-refractivity contribution in [3.63, 3.8) is 0 Å². The smallest absolute Gasteiger partial charge is 0.244 e. The normalized spacial score (nSPS) is 13.9. The second kappa shape index (κ2) is 3.32. The molecule has 1 aromatic heterocycles. The average molecular weight is 220 g/mol. The van der Waals surface area contributed by atoms with Crippen molar-refractivity contribution in [1.29, 1.82) is 0 Å². The topological polar surface area (TPSA) is 64.9 Å². The van der Waals surface area contributed by atoms with Crippen LogP contribution in [-0.2, 0) is 0 Å². The summed E-state index contributed by atoms with van der Waals surface area (Å²) in [5, 5.41) is 3.57. The highest BCUT2D eigenvalue weighted by Crippen LogP contribution is 2.17. The Labute approximate surface area is 73.3 Å². The summed E-state index contributed by atoms with van der Waals surface area (Å²) in [7, 11) is 0. The van der Waals surface area contributed by atoms with Crippen LogP contribution in [-0.4, -0.2) is 10.1 Å². The number of hydrogen-bond donors (Lipinski definition) is 1. The van der Waals surface area contributed by atoms with Crippen molar-refractivity contribution >= 4 is 15.9 Å². The zero-order valence-corrected chi connectivity index (χ0v) is 8.00. The predicted octanol–water partition coefficient (Wildman–Crippen LogP) is 1.49. The molecule has 5 heteroatoms. The molecule has 1 aromatic rings. The van der Waals surface area contributed by atoms with Gasteiger partial charge in [0.05, 0.1) is 6.04 Å². The van der Waals surface area contributed by atoms with Crippen LogP contribution in [0.3, 0.4) is 0 Å². The third-order valence-corrected chi connectivity index (χ3v) is 1.74. The maximum Gasteiger partial charge on any atom is 0.244 e. The summed E-state index contributed by atoms with van der Waals surface area (Å²) in [5.74, 6) is 0.786. The summed E-state index contributed by atoms with van der Waals surface area (Å²) < 4.78 is 5.30. The first-order chi connectivity index (χ1) is 5.11. The third kappa shape index (κ3) is 2.00. The van der Waals surface area contributed by atoms with E-state index in [9.17, 15) is 0 Å². The largest absolute Gasteiger partial charge is 0.337 e. The molecule has 0 radical (unpaired) electrons. The first-order valence-corrected chi connectivity index (χ1v) is 4.15. The fourth-order valence-corrected chi connectivity index (χ4v) is 0.884. The Morgan fingerprint density at radius 2 is 2.18 bits per heavy atom. The molecule has 2 N–H and O–H groups in total. The molecule has 0 fully saturated rings. The summed E-state index contributed by atoms with van der Waals surface area (Å²) in [6, 6.07) is -0.172. The average Bonchev–Trinajstić information content (AvgIpc) is 2.34. The molecule has 62 valence electrons. The lowest BCUT2D eigenvalue weighted by molar-refractivity contribution is 0.323. The molecule has 1 rings (SSSR count). The highest BCUT2D eigenvalue weighted by molar-refractivity contribution is 9.10. The van der Waals surface area contributed by atoms with Crippen LogP contribution in [0.1, 0.15) is 25.8 Å². The molecule has 1 heterocycles. The standard InChI is InChI=1S/C6H10BrN3O/c1-3(2)4(8)5-9-6(7)10-11-5/h3-4H,8H2,1-2H3/t4-/m1/s1. The van der Waals surface area contributed by atoms with Crippen LogP contribution in [0.2, 0.25) is 0 Å². The van der Waals surface area contributed by atoms with Crippen LogP contribution in [0, 0.1) is 5.92 Å². The Hall–Kier alpha value is -0.420. The fourth-order valence-electron chi connectivity index (χ4n) is 0.637. The molecule has 0 aliphatic heterocycles. The molecular weight excluding hydrogens is 210 g/mol. The summed E-state index contributed by atoms with van der Waals surface area (Å²) in [6.45, 7) is 4.01. The van der Waals surface area contributed by atoms with E-state index in [1.807, 2.05) is 13.8 Å². The van der Waals surface area contributed by atoms with E-state index in [1.165, 1.54) is 0 Å². The maximum atomic E-state index is 5.73. The van der Waals surface area contributed by atoms with Gasteiger partial charge in [-0.3, -0.25) is 0 Å². The van der Waals surface area contributed by atoms with E-state index in [2.05, 4.69) is 26.1 Å². The molecule has 0 saturated heterocycles. The van der Waals surface area contributed by atoms with E-state index >= 15 is 0 Å². The van der Waals surface area contributed by atoms with Crippen molar-refractivity contribution in [2.45, 2.75) is 19.9 Å². The van der Waals surface area contributed by atoms with Crippen LogP contribution in [0.25, 0.3) is 0 Å². The zero-order chi connectivity index (χ0) is 8.43. The minimum Gasteiger partial charge on any atom is -0.337 e. The number of nitrogens with two attached hydrogens (primary N) is 1. The van der Waals surface area contributed by atoms with E-state index in [4.69, 9.17) is 10.3 Å². The number of halogens is 1. The molecule has 0 aliphatic rings. The number of nitrogens with zero attached hydrogens (tertiary/aromatic N) is 2. The van der Waals surface area contributed by atoms with E-state index < -0.39 is 0 Å². The highest BCUT2D eigenvalue weighted by atomic mass is 79.9. The minimum absolute atomic E-state index is 0.172. The molecule has 4 nitrogen and oxygen atoms in total. The van der Waals surface area contributed by atoms with Crippen LogP contribution in [0.4, 0.5) is 0 Å². The molecule has 0 bridgehead atoms. The van der Waals surface area contributed by atoms with Crippen LogP contribution < -0.4 is 5.73 Å². The first kappa shape index (κ1) is 8.67. The van der Waals surface area contributed by atoms with Crippen molar-refractivity contribution in [3.8, 4) is 0 Å². The van der Waals surface area contributed by atoms with Gasteiger partial charge in [-0.15, -0.1) is 0 Å². The second-order valence-corrected chi connectivity index (χ2v) is 3.38. The molecule has 0 spiro atoms. The molecule has 0 aliphatic carbocycles. The molecular formula is C6H10BrN3O. The molecule has 0 amide bonds. The highest BCUT2D eigenvalue weighted by Gasteiger charge is 2.16. The van der Waals surface area contributed by atoms with Crippen LogP contribution >= 0.6 is 15.9 Å². The first-order valence-electron chi connectivity index (χ1n) is 3.36. The van der Waals surface area contributed by atoms with E-state index in [1.54, 1.807) is 0 Å². The summed E-state index contributed by atoms with van der Waals surface area (Å²) in [5.41, 5.74) is 5.73. The van der Waals surface area contributed by atoms with E-state index in [0.29, 0.717) is 16.5 Å². The number of aromatic nitrogens is 2. The van der Waals surface area contributed by atoms with Crippen molar-refractivity contribution in [1.82, 2.24) is 10.1 Å². The van der Waals surface area contributed by atoms with Gasteiger partial charge in [0.25, 0.3) is 0 Å². The molecule has 0 saturated carbocycles. The van der Waals surface area contributed by atoms with Gasteiger partial charge in [0.15, 0.2) is 0 Å². The molecule has 1 atom stereocenters. The van der Waals surface area contributed by atoms with Gasteiger partial charge in [-0.2, -0.15) is 4.98 Å². The fraction of sp³-hybridized carbons (Fsp3) is 0.667. The van der Waals surface area contributed by atoms with E-state index in [-0.39, 0.29) is 6.04 Å². The SMILES string of the molecule is CC(C)[C@@H](N)c1nc(Br)no1. The Kier molecular flexibility index (Phi) is 2.62. The lowest BCUT2D eigenvalue weighted by Gasteiger charge is -2.08. The lowest BCUT2D eigenvalue weighted by atomic mass is 10.1. The minimum atomic E-state index is -0.172. The Morgan fingerprint density at radius 3 is 2.55 bits per heavy atom. The molecule has 0 aromatic carbocycles. The number of hydrogen-bond acceptors (Lipinski definition) is 4. The van der Waals surface area contributed by atoms with E-state index in [0.717, 1.165) is 0 Å². The summed E-state index contributed by atoms with van der Waals surface area (Å²) >= 11 is 3.08. The van der Waals surface area contributed by atoms with Crippen molar-refractivity contribution < 1.29 is 4.52 Å². The number of rotatable bonds is 2. The second-order valence-electron chi connectivity index (χ2n) is 2.67. The van der Waals surface area contributed by atoms with Crippen molar-refractivity contribution in [2.24, 2.45) is 11.7 Å². The van der Waals surface area contributed by atoms with Crippen LogP contribution in [0.5, 0.6) is 0 Å². The van der Waals surface area contributed by atoms with Gasteiger partial charge >= 0.3 is 0 Å². The van der Waals surface area contributed by atoms with Gasteiger partial charge in [0.2, 0.25) is 10.6 Å². The molecule has 0 unspecified atom stereocenters. The lowest BCUT2D eigenvalue weighted by Crippen LogP contribution is -2.16. The quantitative estimate of drug-likeness (QED) is 0.819. The Morgan fingerprint density at radius 1 is 1.55 bits per heavy atom. The van der Waals surface area contributed by atoms with Gasteiger partial charge in [-0.1, -0.05) is 13.8 Å². The van der Waals surface area contributed by atoms with Crippen molar-refractivity contribution in [2.75, 3.05) is 0 Å². The van der Waals surface area contributed by atoms with Crippen LogP contribution in [0.15, 0.2) is 9.26 Å². The van der Waals surface area contributed by atoms with Crippen molar-refractivity contribution in [3.05, 3.63) is 10.6 Å². The van der Waals surface area contributed by atoms with Gasteiger partial charge in [-0.25, -0.2) is 0 Å². The molecule has 11 heavy (non-hydrogen) atoms. The predicted molar refractivity (Wildman–Crippen MR) is 43.8 cm³/mol. The Balaban J connectivity index is 2.76. The summed E-state index contributed by atoms with van der Waals surface area (Å²) in [6.07, 6.45) is 0. The maximum absolute atomic E-state index is 5.73. The zero-order valence-electron chi connectivity index (χ0n) is 6.41. The monoisotopic (exact) mass is 219 g/mol. The Bertz CT molecular complexity index is 235.